The fourth-order valence-electron chi connectivity index (χ4n) is 3.20. The minimum absolute atomic E-state index is 0.0258. The topological polar surface area (TPSA) is 76.0 Å². The predicted molar refractivity (Wildman–Crippen MR) is 100 cm³/mol. The second kappa shape index (κ2) is 7.72. The van der Waals surface area contributed by atoms with Gasteiger partial charge in [0.1, 0.15) is 5.69 Å². The van der Waals surface area contributed by atoms with Gasteiger partial charge in [-0.1, -0.05) is 29.8 Å². The molecule has 2 amide bonds. The number of carbonyl (C=O) groups excluding carboxylic acids is 2. The molecule has 2 heterocycles. The molecular weight excluding hydrogens is 328 g/mol. The fraction of sp³-hybridized carbons (Fsp3) is 0.450. The van der Waals surface area contributed by atoms with Crippen LogP contribution < -0.4 is 10.6 Å². The van der Waals surface area contributed by atoms with E-state index in [1.54, 1.807) is 0 Å². The van der Waals surface area contributed by atoms with E-state index in [9.17, 15) is 9.59 Å². The van der Waals surface area contributed by atoms with Crippen molar-refractivity contribution in [2.45, 2.75) is 59.2 Å². The van der Waals surface area contributed by atoms with Gasteiger partial charge in [0.05, 0.1) is 5.69 Å². The maximum absolute atomic E-state index is 12.7. The molecule has 1 aliphatic rings. The Morgan fingerprint density at radius 3 is 2.58 bits per heavy atom. The van der Waals surface area contributed by atoms with Crippen LogP contribution in [0.2, 0.25) is 0 Å². The zero-order chi connectivity index (χ0) is 18.7. The molecule has 1 aliphatic heterocycles. The smallest absolute Gasteiger partial charge is 0.287 e. The highest BCUT2D eigenvalue weighted by molar-refractivity contribution is 5.97. The normalized spacial score (nSPS) is 13.4. The van der Waals surface area contributed by atoms with Gasteiger partial charge >= 0.3 is 0 Å². The number of carbonyl (C=O) groups is 2. The summed E-state index contributed by atoms with van der Waals surface area (Å²) in [6.45, 7) is 7.02. The first kappa shape index (κ1) is 18.2. The Bertz CT molecular complexity index is 806. The monoisotopic (exact) mass is 354 g/mol. The lowest BCUT2D eigenvalue weighted by Gasteiger charge is -2.17. The zero-order valence-corrected chi connectivity index (χ0v) is 15.6. The minimum atomic E-state index is -0.222. The maximum Gasteiger partial charge on any atom is 0.287 e. The number of benzene rings is 1. The van der Waals surface area contributed by atoms with E-state index in [0.29, 0.717) is 18.1 Å². The van der Waals surface area contributed by atoms with Crippen LogP contribution in [0.1, 0.15) is 64.6 Å². The number of hydrogen-bond acceptors (Lipinski definition) is 3. The van der Waals surface area contributed by atoms with Gasteiger partial charge in [-0.15, -0.1) is 0 Å². The largest absolute Gasteiger partial charge is 0.347 e. The molecule has 26 heavy (non-hydrogen) atoms. The summed E-state index contributed by atoms with van der Waals surface area (Å²) in [5, 5.41) is 5.80. The molecule has 0 atom stereocenters. The van der Waals surface area contributed by atoms with Crippen LogP contribution in [0.25, 0.3) is 0 Å². The number of nitrogens with zero attached hydrogens (tertiary/aromatic N) is 2. The van der Waals surface area contributed by atoms with Crippen LogP contribution in [0.4, 0.5) is 0 Å². The number of rotatable bonds is 5. The van der Waals surface area contributed by atoms with E-state index in [-0.39, 0.29) is 17.9 Å². The summed E-state index contributed by atoms with van der Waals surface area (Å²) in [5.74, 6) is -0.102. The molecular formula is C20H26N4O2. The quantitative estimate of drug-likeness (QED) is 0.866. The van der Waals surface area contributed by atoms with Crippen LogP contribution >= 0.6 is 0 Å². The maximum atomic E-state index is 12.7. The minimum Gasteiger partial charge on any atom is -0.347 e. The van der Waals surface area contributed by atoms with Crippen LogP contribution in [0.15, 0.2) is 24.3 Å². The van der Waals surface area contributed by atoms with E-state index in [0.717, 1.165) is 37.1 Å². The average molecular weight is 354 g/mol. The van der Waals surface area contributed by atoms with Gasteiger partial charge in [0.25, 0.3) is 11.8 Å². The summed E-state index contributed by atoms with van der Waals surface area (Å²) in [6, 6.07) is 8.07. The standard InChI is InChI=1S/C20H26N4O2/c1-13(2)22-20(26)18-23-17(16-6-4-5-11-24(16)18)19(25)21-12-15-9-7-14(3)8-10-15/h7-10,13H,4-6,11-12H2,1-3H3,(H,21,25)(H,22,26). The first-order chi connectivity index (χ1) is 12.5. The molecule has 138 valence electrons. The average Bonchev–Trinajstić information content (AvgIpc) is 3.00. The first-order valence-electron chi connectivity index (χ1n) is 9.19. The van der Waals surface area contributed by atoms with Gasteiger partial charge in [0, 0.05) is 19.1 Å². The highest BCUT2D eigenvalue weighted by atomic mass is 16.2. The molecule has 1 aromatic carbocycles. The molecule has 6 nitrogen and oxygen atoms in total. The number of fused-ring (bicyclic) bond motifs is 1. The molecule has 6 heteroatoms. The van der Waals surface area contributed by atoms with Crippen molar-refractivity contribution in [2.75, 3.05) is 0 Å². The van der Waals surface area contributed by atoms with Crippen molar-refractivity contribution in [3.8, 4) is 0 Å². The second-order valence-electron chi connectivity index (χ2n) is 7.14. The summed E-state index contributed by atoms with van der Waals surface area (Å²) in [7, 11) is 0. The third kappa shape index (κ3) is 3.95. The van der Waals surface area contributed by atoms with Gasteiger partial charge in [0.15, 0.2) is 5.82 Å². The Kier molecular flexibility index (Phi) is 5.40. The van der Waals surface area contributed by atoms with Crippen molar-refractivity contribution in [3.63, 3.8) is 0 Å². The lowest BCUT2D eigenvalue weighted by atomic mass is 10.1. The summed E-state index contributed by atoms with van der Waals surface area (Å²) < 4.78 is 1.90. The zero-order valence-electron chi connectivity index (χ0n) is 15.6. The fourth-order valence-corrected chi connectivity index (χ4v) is 3.20. The van der Waals surface area contributed by atoms with E-state index in [1.807, 2.05) is 49.6 Å². The van der Waals surface area contributed by atoms with Crippen LogP contribution in [0, 0.1) is 6.92 Å². The highest BCUT2D eigenvalue weighted by Crippen LogP contribution is 2.21. The Morgan fingerprint density at radius 1 is 1.15 bits per heavy atom. The van der Waals surface area contributed by atoms with E-state index >= 15 is 0 Å². The summed E-state index contributed by atoms with van der Waals surface area (Å²) in [4.78, 5) is 29.6. The molecule has 2 N–H and O–H groups in total. The van der Waals surface area contributed by atoms with Crippen molar-refractivity contribution >= 4 is 11.8 Å². The van der Waals surface area contributed by atoms with Crippen LogP contribution in [-0.4, -0.2) is 27.4 Å². The van der Waals surface area contributed by atoms with E-state index in [2.05, 4.69) is 15.6 Å². The van der Waals surface area contributed by atoms with Gasteiger partial charge in [-0.25, -0.2) is 4.98 Å². The van der Waals surface area contributed by atoms with Gasteiger partial charge in [-0.05, 0) is 45.6 Å². The van der Waals surface area contributed by atoms with Crippen molar-refractivity contribution in [3.05, 3.63) is 52.6 Å². The van der Waals surface area contributed by atoms with Gasteiger partial charge in [-0.2, -0.15) is 0 Å². The molecule has 0 bridgehead atoms. The first-order valence-corrected chi connectivity index (χ1v) is 9.19. The summed E-state index contributed by atoms with van der Waals surface area (Å²) in [5.41, 5.74) is 3.47. The third-order valence-electron chi connectivity index (χ3n) is 4.53. The van der Waals surface area contributed by atoms with E-state index < -0.39 is 0 Å². The number of aryl methyl sites for hydroxylation is 1. The van der Waals surface area contributed by atoms with E-state index in [1.165, 1.54) is 5.56 Å². The van der Waals surface area contributed by atoms with Crippen LogP contribution in [0.5, 0.6) is 0 Å². The Hall–Kier alpha value is -2.63. The molecule has 0 fully saturated rings. The summed E-state index contributed by atoms with van der Waals surface area (Å²) >= 11 is 0. The van der Waals surface area contributed by atoms with Gasteiger partial charge < -0.3 is 15.2 Å². The SMILES string of the molecule is Cc1ccc(CNC(=O)c2nc(C(=O)NC(C)C)n3c2CCCC3)cc1. The number of aromatic nitrogens is 2. The molecule has 1 aromatic heterocycles. The van der Waals surface area contributed by atoms with Gasteiger partial charge in [-0.3, -0.25) is 9.59 Å². The Balaban J connectivity index is 1.80. The second-order valence-corrected chi connectivity index (χ2v) is 7.14. The molecule has 0 radical (unpaired) electrons. The van der Waals surface area contributed by atoms with Crippen LogP contribution in [-0.2, 0) is 19.5 Å². The highest BCUT2D eigenvalue weighted by Gasteiger charge is 2.27. The number of nitrogens with one attached hydrogen (secondary N) is 2. The number of amides is 2. The predicted octanol–water partition coefficient (Wildman–Crippen LogP) is 2.60. The molecule has 0 saturated carbocycles. The lowest BCUT2D eigenvalue weighted by Crippen LogP contribution is -2.33. The summed E-state index contributed by atoms with van der Waals surface area (Å²) in [6.07, 6.45) is 2.78. The lowest BCUT2D eigenvalue weighted by molar-refractivity contribution is 0.0927. The molecule has 0 saturated heterocycles. The number of imidazole rings is 1. The van der Waals surface area contributed by atoms with Crippen molar-refractivity contribution < 1.29 is 9.59 Å². The third-order valence-corrected chi connectivity index (χ3v) is 4.53. The van der Waals surface area contributed by atoms with Crippen molar-refractivity contribution in [2.24, 2.45) is 0 Å². The van der Waals surface area contributed by atoms with Crippen molar-refractivity contribution in [1.29, 1.82) is 0 Å². The van der Waals surface area contributed by atoms with Gasteiger partial charge in [0.2, 0.25) is 0 Å². The molecule has 2 aromatic rings. The van der Waals surface area contributed by atoms with E-state index in [4.69, 9.17) is 0 Å². The number of hydrogen-bond donors (Lipinski definition) is 2. The molecule has 3 rings (SSSR count). The molecule has 0 spiro atoms. The molecule has 0 aliphatic carbocycles. The van der Waals surface area contributed by atoms with Crippen LogP contribution in [0.3, 0.4) is 0 Å². The Labute approximate surface area is 154 Å². The molecule has 0 unspecified atom stereocenters. The Morgan fingerprint density at radius 2 is 1.88 bits per heavy atom. The van der Waals surface area contributed by atoms with Crippen molar-refractivity contribution in [1.82, 2.24) is 20.2 Å².